The van der Waals surface area contributed by atoms with Gasteiger partial charge in [-0.25, -0.2) is 9.18 Å². The highest BCUT2D eigenvalue weighted by Crippen LogP contribution is 2.39. The Morgan fingerprint density at radius 2 is 1.53 bits per heavy atom. The Hall–Kier alpha value is -5.25. The molecule has 1 saturated heterocycles. The van der Waals surface area contributed by atoms with Gasteiger partial charge in [0.05, 0.1) is 29.7 Å². The standard InChI is InChI=1S/C33H29FN4O5/c1-43-33(42)25-5-2-3-6-26(25)35-32(41)22-11-14-29(27(16-22)36-31(40)21-9-12-24(34)13-10-21)37-17-20-15-23(19-37)28-7-4-8-30(39)38(28)18-20/h2-14,16,20,23H,15,17-19H2,1H3,(H,35,41)(H,36,40). The van der Waals surface area contributed by atoms with E-state index in [9.17, 15) is 23.6 Å². The lowest BCUT2D eigenvalue weighted by Crippen LogP contribution is -2.47. The SMILES string of the molecule is COC(=O)c1ccccc1NC(=O)c1ccc(N2CC3CC(C2)c2cccc(=O)n2C3)c(NC(=O)c2ccc(F)cc2)c1. The maximum absolute atomic E-state index is 13.5. The number of rotatable bonds is 6. The maximum Gasteiger partial charge on any atom is 0.339 e. The quantitative estimate of drug-likeness (QED) is 0.314. The molecule has 2 bridgehead atoms. The van der Waals surface area contributed by atoms with Gasteiger partial charge in [-0.2, -0.15) is 0 Å². The number of para-hydroxylation sites is 1. The van der Waals surface area contributed by atoms with Gasteiger partial charge in [-0.15, -0.1) is 0 Å². The summed E-state index contributed by atoms with van der Waals surface area (Å²) in [5.74, 6) is -1.63. The van der Waals surface area contributed by atoms with Crippen molar-refractivity contribution in [2.24, 2.45) is 5.92 Å². The lowest BCUT2D eigenvalue weighted by atomic mass is 9.83. The van der Waals surface area contributed by atoms with Gasteiger partial charge in [0, 0.05) is 48.4 Å². The Kier molecular flexibility index (Phi) is 7.50. The van der Waals surface area contributed by atoms with Crippen LogP contribution in [-0.4, -0.2) is 42.6 Å². The molecule has 1 fully saturated rings. The number of hydrogen-bond donors (Lipinski definition) is 2. The number of halogens is 1. The summed E-state index contributed by atoms with van der Waals surface area (Å²) in [4.78, 5) is 53.5. The monoisotopic (exact) mass is 580 g/mol. The van der Waals surface area contributed by atoms with E-state index in [-0.39, 0.29) is 39.8 Å². The van der Waals surface area contributed by atoms with Gasteiger partial charge >= 0.3 is 5.97 Å². The second kappa shape index (κ2) is 11.6. The Bertz CT molecular complexity index is 1790. The van der Waals surface area contributed by atoms with Gasteiger partial charge in [-0.05, 0) is 73.0 Å². The van der Waals surface area contributed by atoms with Crippen molar-refractivity contribution in [3.63, 3.8) is 0 Å². The van der Waals surface area contributed by atoms with Crippen LogP contribution in [0.5, 0.6) is 0 Å². The first-order chi connectivity index (χ1) is 20.8. The number of amides is 2. The highest BCUT2D eigenvalue weighted by molar-refractivity contribution is 6.10. The number of nitrogens with one attached hydrogen (secondary N) is 2. The minimum atomic E-state index is -0.585. The number of carbonyl (C=O) groups is 3. The topological polar surface area (TPSA) is 110 Å². The van der Waals surface area contributed by atoms with Crippen molar-refractivity contribution in [1.82, 2.24) is 4.57 Å². The largest absolute Gasteiger partial charge is 0.465 e. The van der Waals surface area contributed by atoms with E-state index >= 15 is 0 Å². The molecule has 0 radical (unpaired) electrons. The molecular formula is C33H29FN4O5. The van der Waals surface area contributed by atoms with Crippen LogP contribution in [0.4, 0.5) is 21.5 Å². The fourth-order valence-electron chi connectivity index (χ4n) is 6.02. The van der Waals surface area contributed by atoms with Gasteiger partial charge in [0.1, 0.15) is 5.82 Å². The molecule has 10 heteroatoms. The van der Waals surface area contributed by atoms with E-state index in [1.807, 2.05) is 10.6 Å². The third-order valence-electron chi connectivity index (χ3n) is 8.01. The fourth-order valence-corrected chi connectivity index (χ4v) is 6.02. The molecule has 2 aliphatic heterocycles. The summed E-state index contributed by atoms with van der Waals surface area (Å²) >= 11 is 0. The van der Waals surface area contributed by atoms with Crippen LogP contribution in [0, 0.1) is 11.7 Å². The molecule has 218 valence electrons. The van der Waals surface area contributed by atoms with Crippen LogP contribution in [0.25, 0.3) is 0 Å². The molecule has 1 aromatic heterocycles. The fraction of sp³-hybridized carbons (Fsp3) is 0.212. The summed E-state index contributed by atoms with van der Waals surface area (Å²) in [7, 11) is 1.27. The van der Waals surface area contributed by atoms with Crippen LogP contribution in [0.15, 0.2) is 89.7 Å². The van der Waals surface area contributed by atoms with Crippen molar-refractivity contribution >= 4 is 34.8 Å². The normalized spacial score (nSPS) is 17.0. The number of piperidine rings is 1. The van der Waals surface area contributed by atoms with Gasteiger partial charge in [-0.1, -0.05) is 18.2 Å². The molecular weight excluding hydrogens is 551 g/mol. The third-order valence-corrected chi connectivity index (χ3v) is 8.01. The Labute approximate surface area is 246 Å². The summed E-state index contributed by atoms with van der Waals surface area (Å²) in [6.07, 6.45) is 0.956. The highest BCUT2D eigenvalue weighted by Gasteiger charge is 2.35. The predicted molar refractivity (Wildman–Crippen MR) is 160 cm³/mol. The smallest absolute Gasteiger partial charge is 0.339 e. The van der Waals surface area contributed by atoms with E-state index in [0.717, 1.165) is 17.8 Å². The molecule has 4 aromatic rings. The molecule has 2 aliphatic rings. The van der Waals surface area contributed by atoms with Crippen LogP contribution >= 0.6 is 0 Å². The number of hydrogen-bond acceptors (Lipinski definition) is 6. The second-order valence-electron chi connectivity index (χ2n) is 10.8. The average molecular weight is 581 g/mol. The van der Waals surface area contributed by atoms with Gasteiger partial charge in [0.15, 0.2) is 0 Å². The number of anilines is 3. The van der Waals surface area contributed by atoms with Crippen molar-refractivity contribution in [1.29, 1.82) is 0 Å². The molecule has 2 atom stereocenters. The summed E-state index contributed by atoms with van der Waals surface area (Å²) in [5, 5.41) is 5.69. The van der Waals surface area contributed by atoms with Crippen molar-refractivity contribution in [3.05, 3.63) is 123 Å². The zero-order valence-corrected chi connectivity index (χ0v) is 23.4. The molecule has 0 spiro atoms. The maximum atomic E-state index is 13.5. The number of benzene rings is 3. The molecule has 43 heavy (non-hydrogen) atoms. The Morgan fingerprint density at radius 1 is 0.814 bits per heavy atom. The molecule has 6 rings (SSSR count). The van der Waals surface area contributed by atoms with E-state index in [1.54, 1.807) is 54.6 Å². The molecule has 0 aliphatic carbocycles. The molecule has 2 unspecified atom stereocenters. The number of fused-ring (bicyclic) bond motifs is 4. The molecule has 2 N–H and O–H groups in total. The molecule has 2 amide bonds. The van der Waals surface area contributed by atoms with Crippen molar-refractivity contribution < 1.29 is 23.5 Å². The van der Waals surface area contributed by atoms with Crippen molar-refractivity contribution in [2.45, 2.75) is 18.9 Å². The summed E-state index contributed by atoms with van der Waals surface area (Å²) in [6, 6.07) is 22.1. The number of carbonyl (C=O) groups excluding carboxylic acids is 3. The second-order valence-corrected chi connectivity index (χ2v) is 10.8. The van der Waals surface area contributed by atoms with Crippen LogP contribution in [0.2, 0.25) is 0 Å². The predicted octanol–water partition coefficient (Wildman–Crippen LogP) is 4.90. The highest BCUT2D eigenvalue weighted by atomic mass is 19.1. The molecule has 3 heterocycles. The summed E-state index contributed by atoms with van der Waals surface area (Å²) in [6.45, 7) is 1.89. The van der Waals surface area contributed by atoms with Crippen LogP contribution in [0.1, 0.15) is 49.1 Å². The van der Waals surface area contributed by atoms with Crippen molar-refractivity contribution in [3.8, 4) is 0 Å². The number of ether oxygens (including phenoxy) is 1. The summed E-state index contributed by atoms with van der Waals surface area (Å²) < 4.78 is 20.2. The third kappa shape index (κ3) is 5.63. The first-order valence-electron chi connectivity index (χ1n) is 13.9. The molecule has 3 aromatic carbocycles. The Morgan fingerprint density at radius 3 is 2.33 bits per heavy atom. The lowest BCUT2D eigenvalue weighted by molar-refractivity contribution is 0.0601. The first kappa shape index (κ1) is 27.9. The van der Waals surface area contributed by atoms with Crippen LogP contribution in [0.3, 0.4) is 0 Å². The zero-order valence-electron chi connectivity index (χ0n) is 23.4. The van der Waals surface area contributed by atoms with E-state index in [1.165, 1.54) is 31.4 Å². The number of methoxy groups -OCH3 is 1. The van der Waals surface area contributed by atoms with Gasteiger partial charge < -0.3 is 24.8 Å². The first-order valence-corrected chi connectivity index (χ1v) is 13.9. The van der Waals surface area contributed by atoms with E-state index < -0.39 is 23.6 Å². The number of nitrogens with zero attached hydrogens (tertiary/aromatic N) is 2. The summed E-state index contributed by atoms with van der Waals surface area (Å²) in [5.41, 5.74) is 3.14. The van der Waals surface area contributed by atoms with E-state index in [2.05, 4.69) is 15.5 Å². The Balaban J connectivity index is 1.33. The van der Waals surface area contributed by atoms with Gasteiger partial charge in [0.25, 0.3) is 17.4 Å². The zero-order chi connectivity index (χ0) is 30.1. The van der Waals surface area contributed by atoms with E-state index in [0.29, 0.717) is 25.3 Å². The minimum absolute atomic E-state index is 0.00274. The number of pyridine rings is 1. The number of esters is 1. The van der Waals surface area contributed by atoms with Crippen LogP contribution in [-0.2, 0) is 11.3 Å². The molecule has 0 saturated carbocycles. The minimum Gasteiger partial charge on any atom is -0.465 e. The average Bonchev–Trinajstić information content (AvgIpc) is 3.01. The van der Waals surface area contributed by atoms with Gasteiger partial charge in [-0.3, -0.25) is 14.4 Å². The van der Waals surface area contributed by atoms with E-state index in [4.69, 9.17) is 4.74 Å². The van der Waals surface area contributed by atoms with Crippen molar-refractivity contribution in [2.75, 3.05) is 35.7 Å². The molecule has 9 nitrogen and oxygen atoms in total. The van der Waals surface area contributed by atoms with Crippen LogP contribution < -0.4 is 21.1 Å². The van der Waals surface area contributed by atoms with Gasteiger partial charge in [0.2, 0.25) is 0 Å². The number of aromatic nitrogens is 1. The lowest BCUT2D eigenvalue weighted by Gasteiger charge is -2.44.